The van der Waals surface area contributed by atoms with Crippen LogP contribution < -0.4 is 4.74 Å². The van der Waals surface area contributed by atoms with Crippen molar-refractivity contribution in [1.29, 1.82) is 0 Å². The molecule has 0 fully saturated rings. The number of hydrogen-bond acceptors (Lipinski definition) is 4. The van der Waals surface area contributed by atoms with E-state index in [-0.39, 0.29) is 6.10 Å². The molecule has 0 N–H and O–H groups in total. The van der Waals surface area contributed by atoms with Gasteiger partial charge in [0.1, 0.15) is 5.75 Å². The lowest BCUT2D eigenvalue weighted by Crippen LogP contribution is -2.14. The van der Waals surface area contributed by atoms with Crippen molar-refractivity contribution in [2.24, 2.45) is 10.1 Å². The van der Waals surface area contributed by atoms with E-state index >= 15 is 0 Å². The van der Waals surface area contributed by atoms with Gasteiger partial charge in [0.05, 0.1) is 24.8 Å². The molecule has 27 heavy (non-hydrogen) atoms. The first-order valence-electron chi connectivity index (χ1n) is 8.93. The molecule has 142 valence electrons. The molecule has 0 aliphatic carbocycles. The average molecular weight is 430 g/mol. The van der Waals surface area contributed by atoms with Gasteiger partial charge >= 0.3 is 0 Å². The van der Waals surface area contributed by atoms with Crippen LogP contribution in [0.4, 0.5) is 5.69 Å². The Morgan fingerprint density at radius 2 is 2.07 bits per heavy atom. The Labute approximate surface area is 168 Å². The van der Waals surface area contributed by atoms with E-state index in [4.69, 9.17) is 9.57 Å². The molecule has 3 rings (SSSR count). The van der Waals surface area contributed by atoms with Crippen molar-refractivity contribution in [3.05, 3.63) is 57.6 Å². The zero-order valence-corrected chi connectivity index (χ0v) is 17.7. The maximum atomic E-state index is 5.74. The fourth-order valence-electron chi connectivity index (χ4n) is 2.87. The van der Waals surface area contributed by atoms with Crippen LogP contribution in [0.25, 0.3) is 0 Å². The molecule has 5 nitrogen and oxygen atoms in total. The number of aliphatic imine (C=N–C) groups is 1. The standard InChI is InChI=1S/C21H24BrN3O2/c1-5-25(3)13-23-18-11-20(26-4)17(10-14(18)2)21-12-19(24-27-21)15-6-8-16(22)9-7-15/h6-11,13,21H,5,12H2,1-4H3/b23-13-. The van der Waals surface area contributed by atoms with Crippen LogP contribution in [0, 0.1) is 6.92 Å². The van der Waals surface area contributed by atoms with Gasteiger partial charge in [-0.3, -0.25) is 0 Å². The first kappa shape index (κ1) is 19.4. The highest BCUT2D eigenvalue weighted by Crippen LogP contribution is 2.38. The van der Waals surface area contributed by atoms with Gasteiger partial charge in [-0.1, -0.05) is 33.2 Å². The Morgan fingerprint density at radius 1 is 1.33 bits per heavy atom. The summed E-state index contributed by atoms with van der Waals surface area (Å²) in [6, 6.07) is 12.2. The average Bonchev–Trinajstić information content (AvgIpc) is 3.17. The van der Waals surface area contributed by atoms with Gasteiger partial charge in [0.15, 0.2) is 6.10 Å². The molecule has 1 heterocycles. The largest absolute Gasteiger partial charge is 0.496 e. The Hall–Kier alpha value is -2.34. The van der Waals surface area contributed by atoms with Crippen LogP contribution in [0.5, 0.6) is 5.75 Å². The number of hydrogen-bond donors (Lipinski definition) is 0. The summed E-state index contributed by atoms with van der Waals surface area (Å²) in [6.07, 6.45) is 2.38. The Bertz CT molecular complexity index is 862. The molecule has 0 radical (unpaired) electrons. The molecule has 0 amide bonds. The van der Waals surface area contributed by atoms with Crippen molar-refractivity contribution in [3.8, 4) is 5.75 Å². The molecule has 1 atom stereocenters. The lowest BCUT2D eigenvalue weighted by molar-refractivity contribution is 0.0836. The third kappa shape index (κ3) is 4.50. The molecule has 2 aromatic rings. The predicted molar refractivity (Wildman–Crippen MR) is 113 cm³/mol. The van der Waals surface area contributed by atoms with Crippen LogP contribution in [0.2, 0.25) is 0 Å². The molecule has 6 heteroatoms. The summed E-state index contributed by atoms with van der Waals surface area (Å²) in [5, 5.41) is 4.30. The molecule has 0 aromatic heterocycles. The molecule has 0 spiro atoms. The number of oxime groups is 1. The van der Waals surface area contributed by atoms with Crippen LogP contribution in [-0.4, -0.2) is 37.7 Å². The maximum Gasteiger partial charge on any atom is 0.161 e. The number of halogens is 1. The lowest BCUT2D eigenvalue weighted by atomic mass is 9.97. The van der Waals surface area contributed by atoms with Crippen molar-refractivity contribution < 1.29 is 9.57 Å². The highest BCUT2D eigenvalue weighted by atomic mass is 79.9. The third-order valence-electron chi connectivity index (χ3n) is 4.63. The van der Waals surface area contributed by atoms with Crippen molar-refractivity contribution in [2.75, 3.05) is 20.7 Å². The molecule has 0 bridgehead atoms. The zero-order chi connectivity index (χ0) is 19.4. The van der Waals surface area contributed by atoms with Crippen LogP contribution >= 0.6 is 15.9 Å². The van der Waals surface area contributed by atoms with E-state index < -0.39 is 0 Å². The fraction of sp³-hybridized carbons (Fsp3) is 0.333. The second-order valence-electron chi connectivity index (χ2n) is 6.54. The van der Waals surface area contributed by atoms with Gasteiger partial charge in [0.2, 0.25) is 0 Å². The van der Waals surface area contributed by atoms with E-state index in [0.29, 0.717) is 6.42 Å². The zero-order valence-electron chi connectivity index (χ0n) is 16.1. The molecule has 1 unspecified atom stereocenters. The molecular weight excluding hydrogens is 406 g/mol. The van der Waals surface area contributed by atoms with E-state index in [1.54, 1.807) is 7.11 Å². The van der Waals surface area contributed by atoms with Gasteiger partial charge in [-0.15, -0.1) is 0 Å². The van der Waals surface area contributed by atoms with Crippen molar-refractivity contribution >= 4 is 33.7 Å². The summed E-state index contributed by atoms with van der Waals surface area (Å²) < 4.78 is 6.66. The van der Waals surface area contributed by atoms with Gasteiger partial charge in [0.25, 0.3) is 0 Å². The number of rotatable bonds is 6. The second-order valence-corrected chi connectivity index (χ2v) is 7.46. The quantitative estimate of drug-likeness (QED) is 0.465. The topological polar surface area (TPSA) is 46.4 Å². The van der Waals surface area contributed by atoms with E-state index in [2.05, 4.69) is 39.1 Å². The SMILES string of the molecule is CCN(C)/C=N\c1cc(OC)c(C2CC(c3ccc(Br)cc3)=NO2)cc1C. The van der Waals surface area contributed by atoms with Crippen molar-refractivity contribution in [1.82, 2.24) is 4.90 Å². The Balaban J connectivity index is 1.82. The van der Waals surface area contributed by atoms with E-state index in [9.17, 15) is 0 Å². The third-order valence-corrected chi connectivity index (χ3v) is 5.16. The van der Waals surface area contributed by atoms with Gasteiger partial charge in [-0.2, -0.15) is 0 Å². The van der Waals surface area contributed by atoms with E-state index in [1.807, 2.05) is 55.5 Å². The maximum absolute atomic E-state index is 5.74. The number of nitrogens with zero attached hydrogens (tertiary/aromatic N) is 3. The van der Waals surface area contributed by atoms with Crippen LogP contribution in [-0.2, 0) is 4.84 Å². The minimum absolute atomic E-state index is 0.159. The first-order valence-corrected chi connectivity index (χ1v) is 9.72. The van der Waals surface area contributed by atoms with E-state index in [1.165, 1.54) is 0 Å². The second kappa shape index (κ2) is 8.57. The van der Waals surface area contributed by atoms with Crippen LogP contribution in [0.3, 0.4) is 0 Å². The number of aryl methyl sites for hydroxylation is 1. The molecular formula is C21H24BrN3O2. The normalized spacial score (nSPS) is 16.3. The Kier molecular flexibility index (Phi) is 6.16. The Morgan fingerprint density at radius 3 is 2.74 bits per heavy atom. The van der Waals surface area contributed by atoms with Crippen molar-refractivity contribution in [2.45, 2.75) is 26.4 Å². The van der Waals surface area contributed by atoms with Crippen LogP contribution in [0.1, 0.15) is 36.1 Å². The summed E-state index contributed by atoms with van der Waals surface area (Å²) in [7, 11) is 3.67. The number of benzene rings is 2. The smallest absolute Gasteiger partial charge is 0.161 e. The molecule has 1 aliphatic heterocycles. The predicted octanol–water partition coefficient (Wildman–Crippen LogP) is 5.24. The summed E-state index contributed by atoms with van der Waals surface area (Å²) in [6.45, 7) is 5.04. The van der Waals surface area contributed by atoms with Gasteiger partial charge in [-0.25, -0.2) is 4.99 Å². The van der Waals surface area contributed by atoms with E-state index in [0.717, 1.165) is 44.9 Å². The summed E-state index contributed by atoms with van der Waals surface area (Å²) in [5.74, 6) is 0.768. The van der Waals surface area contributed by atoms with Gasteiger partial charge < -0.3 is 14.5 Å². The monoisotopic (exact) mass is 429 g/mol. The van der Waals surface area contributed by atoms with Gasteiger partial charge in [0, 0.05) is 36.1 Å². The molecule has 0 saturated carbocycles. The number of methoxy groups -OCH3 is 1. The van der Waals surface area contributed by atoms with Crippen LogP contribution in [0.15, 0.2) is 51.0 Å². The molecule has 1 aliphatic rings. The molecule has 2 aromatic carbocycles. The van der Waals surface area contributed by atoms with Crippen molar-refractivity contribution in [3.63, 3.8) is 0 Å². The minimum Gasteiger partial charge on any atom is -0.496 e. The highest BCUT2D eigenvalue weighted by molar-refractivity contribution is 9.10. The van der Waals surface area contributed by atoms with Gasteiger partial charge in [-0.05, 0) is 43.2 Å². The summed E-state index contributed by atoms with van der Waals surface area (Å²) >= 11 is 3.46. The first-order chi connectivity index (χ1) is 13.0. The highest BCUT2D eigenvalue weighted by Gasteiger charge is 2.27. The number of ether oxygens (including phenoxy) is 1. The summed E-state index contributed by atoms with van der Waals surface area (Å²) in [4.78, 5) is 12.3. The molecule has 0 saturated heterocycles. The fourth-order valence-corrected chi connectivity index (χ4v) is 3.13. The lowest BCUT2D eigenvalue weighted by Gasteiger charge is -2.16. The summed E-state index contributed by atoms with van der Waals surface area (Å²) in [5.41, 5.74) is 4.97. The minimum atomic E-state index is -0.159.